The maximum atomic E-state index is 13.3. The normalized spacial score (nSPS) is 16.8. The number of aromatic nitrogens is 2. The first-order valence-corrected chi connectivity index (χ1v) is 10.9. The van der Waals surface area contributed by atoms with Crippen molar-refractivity contribution in [1.29, 1.82) is 0 Å². The first-order valence-electron chi connectivity index (χ1n) is 8.33. The van der Waals surface area contributed by atoms with E-state index in [0.717, 1.165) is 17.3 Å². The summed E-state index contributed by atoms with van der Waals surface area (Å²) in [6.07, 6.45) is 0. The number of halogens is 2. The molecule has 0 aliphatic carbocycles. The molecule has 1 fully saturated rings. The van der Waals surface area contributed by atoms with Crippen molar-refractivity contribution in [3.05, 3.63) is 52.8 Å². The lowest BCUT2D eigenvalue weighted by Gasteiger charge is -2.34. The average molecular weight is 427 g/mol. The smallest absolute Gasteiger partial charge is 0.245 e. The minimum absolute atomic E-state index is 0.0960. The van der Waals surface area contributed by atoms with Gasteiger partial charge in [-0.1, -0.05) is 23.7 Å². The van der Waals surface area contributed by atoms with Gasteiger partial charge < -0.3 is 0 Å². The number of hydrogen-bond donors (Lipinski definition) is 0. The van der Waals surface area contributed by atoms with E-state index in [0.29, 0.717) is 43.8 Å². The predicted molar refractivity (Wildman–Crippen MR) is 103 cm³/mol. The maximum Gasteiger partial charge on any atom is 0.245 e. The molecule has 0 radical (unpaired) electrons. The van der Waals surface area contributed by atoms with Crippen LogP contribution in [0.15, 0.2) is 41.3 Å². The molecular weight excluding hydrogens is 411 g/mol. The third-order valence-electron chi connectivity index (χ3n) is 4.59. The summed E-state index contributed by atoms with van der Waals surface area (Å²) in [5.74, 6) is -0.443. The van der Waals surface area contributed by atoms with E-state index in [9.17, 15) is 12.8 Å². The molecule has 142 valence electrons. The molecule has 1 aliphatic heterocycles. The molecule has 1 aromatic heterocycles. The minimum atomic E-state index is -3.63. The molecule has 0 spiro atoms. The van der Waals surface area contributed by atoms with Crippen molar-refractivity contribution in [3.8, 4) is 0 Å². The number of piperazine rings is 1. The number of fused-ring (bicyclic) bond motifs is 1. The van der Waals surface area contributed by atoms with Crippen LogP contribution in [-0.2, 0) is 16.6 Å². The van der Waals surface area contributed by atoms with Gasteiger partial charge in [-0.2, -0.15) is 13.1 Å². The SMILES string of the molecule is O=S(=O)(c1cccc2nsnc12)N1CCN(Cc2ccc(F)c(Cl)c2)CC1. The highest BCUT2D eigenvalue weighted by Gasteiger charge is 2.30. The van der Waals surface area contributed by atoms with E-state index in [4.69, 9.17) is 11.6 Å². The van der Waals surface area contributed by atoms with Crippen LogP contribution in [0.5, 0.6) is 0 Å². The van der Waals surface area contributed by atoms with Crippen LogP contribution >= 0.6 is 23.3 Å². The Kier molecular flexibility index (Phi) is 5.13. The summed E-state index contributed by atoms with van der Waals surface area (Å²) in [5.41, 5.74) is 1.91. The van der Waals surface area contributed by atoms with Crippen LogP contribution in [0.4, 0.5) is 4.39 Å². The van der Waals surface area contributed by atoms with E-state index in [-0.39, 0.29) is 9.92 Å². The molecule has 0 unspecified atom stereocenters. The second-order valence-electron chi connectivity index (χ2n) is 6.32. The second kappa shape index (κ2) is 7.40. The van der Waals surface area contributed by atoms with Crippen LogP contribution in [0.3, 0.4) is 0 Å². The minimum Gasteiger partial charge on any atom is -0.296 e. The molecule has 27 heavy (non-hydrogen) atoms. The van der Waals surface area contributed by atoms with Gasteiger partial charge in [-0.25, -0.2) is 12.8 Å². The van der Waals surface area contributed by atoms with Gasteiger partial charge in [0.2, 0.25) is 10.0 Å². The molecule has 1 aliphatic rings. The summed E-state index contributed by atoms with van der Waals surface area (Å²) in [7, 11) is -3.63. The maximum absolute atomic E-state index is 13.3. The van der Waals surface area contributed by atoms with Crippen LogP contribution in [0.25, 0.3) is 11.0 Å². The van der Waals surface area contributed by atoms with Gasteiger partial charge in [0, 0.05) is 32.7 Å². The van der Waals surface area contributed by atoms with Crippen molar-refractivity contribution in [2.75, 3.05) is 26.2 Å². The van der Waals surface area contributed by atoms with Crippen LogP contribution in [0.2, 0.25) is 5.02 Å². The zero-order valence-corrected chi connectivity index (χ0v) is 16.6. The Morgan fingerprint density at radius 3 is 2.63 bits per heavy atom. The molecule has 2 heterocycles. The Morgan fingerprint density at radius 2 is 1.89 bits per heavy atom. The average Bonchev–Trinajstić information content (AvgIpc) is 3.14. The number of benzene rings is 2. The summed E-state index contributed by atoms with van der Waals surface area (Å²) in [4.78, 5) is 2.33. The Hall–Kier alpha value is -1.65. The first kappa shape index (κ1) is 18.7. The van der Waals surface area contributed by atoms with Gasteiger partial charge in [0.1, 0.15) is 21.7 Å². The van der Waals surface area contributed by atoms with Gasteiger partial charge in [0.25, 0.3) is 0 Å². The van der Waals surface area contributed by atoms with Gasteiger partial charge in [-0.3, -0.25) is 4.90 Å². The van der Waals surface area contributed by atoms with E-state index in [1.807, 2.05) is 0 Å². The summed E-state index contributed by atoms with van der Waals surface area (Å²) < 4.78 is 49.1. The number of hydrogen-bond acceptors (Lipinski definition) is 6. The number of sulfonamides is 1. The van der Waals surface area contributed by atoms with Crippen molar-refractivity contribution >= 4 is 44.4 Å². The lowest BCUT2D eigenvalue weighted by atomic mass is 10.2. The standard InChI is InChI=1S/C17H16ClFN4O2S2/c18-13-10-12(4-5-14(13)19)11-22-6-8-23(9-7-22)27(24,25)16-3-1-2-15-17(16)21-26-20-15/h1-5,10H,6-9,11H2. The molecule has 0 N–H and O–H groups in total. The highest BCUT2D eigenvalue weighted by Crippen LogP contribution is 2.25. The number of rotatable bonds is 4. The monoisotopic (exact) mass is 426 g/mol. The Labute approximate surface area is 165 Å². The Balaban J connectivity index is 1.47. The highest BCUT2D eigenvalue weighted by molar-refractivity contribution is 7.89. The fraction of sp³-hybridized carbons (Fsp3) is 0.294. The molecule has 0 amide bonds. The summed E-state index contributed by atoms with van der Waals surface area (Å²) >= 11 is 6.83. The van der Waals surface area contributed by atoms with Crippen LogP contribution < -0.4 is 0 Å². The lowest BCUT2D eigenvalue weighted by Crippen LogP contribution is -2.48. The molecule has 4 rings (SSSR count). The molecular formula is C17H16ClFN4O2S2. The van der Waals surface area contributed by atoms with Crippen LogP contribution in [0.1, 0.15) is 5.56 Å². The van der Waals surface area contributed by atoms with Crippen molar-refractivity contribution in [2.45, 2.75) is 11.4 Å². The van der Waals surface area contributed by atoms with Crippen molar-refractivity contribution in [1.82, 2.24) is 18.0 Å². The fourth-order valence-corrected chi connectivity index (χ4v) is 5.53. The van der Waals surface area contributed by atoms with Gasteiger partial charge in [0.05, 0.1) is 16.8 Å². The third-order valence-corrected chi connectivity index (χ3v) is 7.35. The summed E-state index contributed by atoms with van der Waals surface area (Å²) in [5, 5.41) is 0.0960. The first-order chi connectivity index (χ1) is 12.9. The van der Waals surface area contributed by atoms with E-state index in [2.05, 4.69) is 13.6 Å². The molecule has 0 atom stereocenters. The van der Waals surface area contributed by atoms with Crippen molar-refractivity contribution in [2.24, 2.45) is 0 Å². The van der Waals surface area contributed by atoms with Gasteiger partial charge in [-0.05, 0) is 29.8 Å². The van der Waals surface area contributed by atoms with Crippen molar-refractivity contribution < 1.29 is 12.8 Å². The predicted octanol–water partition coefficient (Wildman–Crippen LogP) is 2.99. The Bertz CT molecular complexity index is 1080. The fourth-order valence-electron chi connectivity index (χ4n) is 3.15. The number of nitrogens with zero attached hydrogens (tertiary/aromatic N) is 4. The Morgan fingerprint density at radius 1 is 1.11 bits per heavy atom. The molecule has 6 nitrogen and oxygen atoms in total. The van der Waals surface area contributed by atoms with Crippen LogP contribution in [-0.4, -0.2) is 52.5 Å². The zero-order valence-electron chi connectivity index (χ0n) is 14.2. The van der Waals surface area contributed by atoms with Gasteiger partial charge >= 0.3 is 0 Å². The quantitative estimate of drug-likeness (QED) is 0.641. The van der Waals surface area contributed by atoms with E-state index in [1.165, 1.54) is 10.4 Å². The van der Waals surface area contributed by atoms with Crippen LogP contribution in [0, 0.1) is 5.82 Å². The zero-order chi connectivity index (χ0) is 19.0. The van der Waals surface area contributed by atoms with E-state index < -0.39 is 15.8 Å². The third kappa shape index (κ3) is 3.70. The molecule has 0 bridgehead atoms. The lowest BCUT2D eigenvalue weighted by molar-refractivity contribution is 0.181. The second-order valence-corrected chi connectivity index (χ2v) is 9.16. The molecule has 0 saturated carbocycles. The summed E-state index contributed by atoms with van der Waals surface area (Å²) in [6, 6.07) is 9.66. The highest BCUT2D eigenvalue weighted by atomic mass is 35.5. The van der Waals surface area contributed by atoms with E-state index in [1.54, 1.807) is 30.3 Å². The molecule has 2 aromatic carbocycles. The largest absolute Gasteiger partial charge is 0.296 e. The van der Waals surface area contributed by atoms with Gasteiger partial charge in [-0.15, -0.1) is 0 Å². The summed E-state index contributed by atoms with van der Waals surface area (Å²) in [6.45, 7) is 2.52. The molecule has 1 saturated heterocycles. The van der Waals surface area contributed by atoms with Gasteiger partial charge in [0.15, 0.2) is 0 Å². The van der Waals surface area contributed by atoms with Crippen molar-refractivity contribution in [3.63, 3.8) is 0 Å². The topological polar surface area (TPSA) is 66.4 Å². The van der Waals surface area contributed by atoms with E-state index >= 15 is 0 Å². The molecule has 10 heteroatoms. The molecule has 3 aromatic rings.